The van der Waals surface area contributed by atoms with Crippen LogP contribution in [0.25, 0.3) is 0 Å². The lowest BCUT2D eigenvalue weighted by molar-refractivity contribution is 0.205. The van der Waals surface area contributed by atoms with Gasteiger partial charge in [0, 0.05) is 6.54 Å². The summed E-state index contributed by atoms with van der Waals surface area (Å²) in [4.78, 5) is 2.30. The van der Waals surface area contributed by atoms with Crippen LogP contribution in [-0.2, 0) is 12.1 Å². The fraction of sp³-hybridized carbons (Fsp3) is 0.375. The normalized spacial score (nSPS) is 14.5. The van der Waals surface area contributed by atoms with Crippen LogP contribution in [0.1, 0.15) is 25.2 Å². The first-order valence-electron chi connectivity index (χ1n) is 6.71. The van der Waals surface area contributed by atoms with Crippen molar-refractivity contribution >= 4 is 0 Å². The molecule has 1 aromatic heterocycles. The van der Waals surface area contributed by atoms with Crippen LogP contribution in [0, 0.1) is 0 Å². The van der Waals surface area contributed by atoms with Gasteiger partial charge in [0.2, 0.25) is 0 Å². The zero-order valence-corrected chi connectivity index (χ0v) is 11.7. The average Bonchev–Trinajstić information content (AvgIpc) is 2.91. The fourth-order valence-corrected chi connectivity index (χ4v) is 2.28. The van der Waals surface area contributed by atoms with Crippen molar-refractivity contribution in [2.45, 2.75) is 25.9 Å². The van der Waals surface area contributed by atoms with Gasteiger partial charge in [-0.1, -0.05) is 37.3 Å². The van der Waals surface area contributed by atoms with E-state index >= 15 is 0 Å². The molecule has 3 heteroatoms. The van der Waals surface area contributed by atoms with Crippen molar-refractivity contribution in [1.29, 1.82) is 0 Å². The van der Waals surface area contributed by atoms with Gasteiger partial charge in [-0.2, -0.15) is 0 Å². The minimum Gasteiger partial charge on any atom is -0.468 e. The smallest absolute Gasteiger partial charge is 0.117 e. The molecule has 102 valence electrons. The molecule has 0 aliphatic heterocycles. The standard InChI is InChI=1S/C16H22N2O/c1-3-18(12-15-10-7-11-19-15)13-16(2,17)14-8-5-4-6-9-14/h4-11H,3,12-13,17H2,1-2H3. The number of furan rings is 1. The Bertz CT molecular complexity index is 477. The van der Waals surface area contributed by atoms with Gasteiger partial charge in [-0.15, -0.1) is 0 Å². The highest BCUT2D eigenvalue weighted by atomic mass is 16.3. The number of nitrogens with zero attached hydrogens (tertiary/aromatic N) is 1. The zero-order valence-electron chi connectivity index (χ0n) is 11.7. The van der Waals surface area contributed by atoms with Crippen LogP contribution in [0.2, 0.25) is 0 Å². The maximum absolute atomic E-state index is 6.47. The summed E-state index contributed by atoms with van der Waals surface area (Å²) in [5, 5.41) is 0. The molecule has 1 aromatic carbocycles. The number of rotatable bonds is 6. The summed E-state index contributed by atoms with van der Waals surface area (Å²) in [5.41, 5.74) is 7.27. The van der Waals surface area contributed by atoms with E-state index in [1.54, 1.807) is 6.26 Å². The van der Waals surface area contributed by atoms with E-state index in [0.717, 1.165) is 31.0 Å². The summed E-state index contributed by atoms with van der Waals surface area (Å²) >= 11 is 0. The molecule has 2 rings (SSSR count). The van der Waals surface area contributed by atoms with Gasteiger partial charge in [-0.05, 0) is 31.2 Å². The van der Waals surface area contributed by atoms with Gasteiger partial charge in [0.15, 0.2) is 0 Å². The van der Waals surface area contributed by atoms with E-state index in [1.807, 2.05) is 30.3 Å². The van der Waals surface area contributed by atoms with Gasteiger partial charge >= 0.3 is 0 Å². The second-order valence-corrected chi connectivity index (χ2v) is 5.17. The molecule has 0 spiro atoms. The highest BCUT2D eigenvalue weighted by Gasteiger charge is 2.24. The van der Waals surface area contributed by atoms with Crippen molar-refractivity contribution in [2.75, 3.05) is 13.1 Å². The van der Waals surface area contributed by atoms with E-state index in [-0.39, 0.29) is 5.54 Å². The molecule has 0 bridgehead atoms. The summed E-state index contributed by atoms with van der Waals surface area (Å²) in [7, 11) is 0. The minimum atomic E-state index is -0.357. The fourth-order valence-electron chi connectivity index (χ4n) is 2.28. The van der Waals surface area contributed by atoms with Gasteiger partial charge in [-0.3, -0.25) is 4.90 Å². The molecule has 0 amide bonds. The molecule has 0 fully saturated rings. The van der Waals surface area contributed by atoms with Crippen LogP contribution in [-0.4, -0.2) is 18.0 Å². The monoisotopic (exact) mass is 258 g/mol. The predicted octanol–water partition coefficient (Wildman–Crippen LogP) is 2.98. The van der Waals surface area contributed by atoms with E-state index in [4.69, 9.17) is 10.2 Å². The van der Waals surface area contributed by atoms with Gasteiger partial charge in [0.25, 0.3) is 0 Å². The third-order valence-corrected chi connectivity index (χ3v) is 3.39. The zero-order chi connectivity index (χ0) is 13.7. The lowest BCUT2D eigenvalue weighted by atomic mass is 9.92. The van der Waals surface area contributed by atoms with Gasteiger partial charge in [-0.25, -0.2) is 0 Å². The lowest BCUT2D eigenvalue weighted by Gasteiger charge is -2.32. The van der Waals surface area contributed by atoms with E-state index in [2.05, 4.69) is 30.9 Å². The summed E-state index contributed by atoms with van der Waals surface area (Å²) < 4.78 is 5.40. The van der Waals surface area contributed by atoms with Gasteiger partial charge in [0.05, 0.1) is 18.3 Å². The number of likely N-dealkylation sites (N-methyl/N-ethyl adjacent to an activating group) is 1. The van der Waals surface area contributed by atoms with E-state index < -0.39 is 0 Å². The maximum atomic E-state index is 6.47. The van der Waals surface area contributed by atoms with Crippen LogP contribution in [0.4, 0.5) is 0 Å². The van der Waals surface area contributed by atoms with Crippen molar-refractivity contribution in [2.24, 2.45) is 5.73 Å². The van der Waals surface area contributed by atoms with Gasteiger partial charge in [0.1, 0.15) is 5.76 Å². The maximum Gasteiger partial charge on any atom is 0.117 e. The number of hydrogen-bond donors (Lipinski definition) is 1. The summed E-state index contributed by atoms with van der Waals surface area (Å²) in [6.45, 7) is 6.76. The van der Waals surface area contributed by atoms with E-state index in [0.29, 0.717) is 0 Å². The lowest BCUT2D eigenvalue weighted by Crippen LogP contribution is -2.45. The van der Waals surface area contributed by atoms with Crippen molar-refractivity contribution in [3.63, 3.8) is 0 Å². The summed E-state index contributed by atoms with van der Waals surface area (Å²) in [6.07, 6.45) is 1.71. The molecule has 19 heavy (non-hydrogen) atoms. The van der Waals surface area contributed by atoms with Crippen molar-refractivity contribution in [1.82, 2.24) is 4.90 Å². The quantitative estimate of drug-likeness (QED) is 0.866. The summed E-state index contributed by atoms with van der Waals surface area (Å²) in [5.74, 6) is 0.978. The minimum absolute atomic E-state index is 0.357. The van der Waals surface area contributed by atoms with Crippen LogP contribution >= 0.6 is 0 Å². The highest BCUT2D eigenvalue weighted by molar-refractivity contribution is 5.23. The Kier molecular flexibility index (Phi) is 4.40. The van der Waals surface area contributed by atoms with Crippen LogP contribution in [0.15, 0.2) is 53.1 Å². The van der Waals surface area contributed by atoms with E-state index in [9.17, 15) is 0 Å². The first kappa shape index (κ1) is 13.8. The molecular formula is C16H22N2O. The SMILES string of the molecule is CCN(Cc1ccco1)CC(C)(N)c1ccccc1. The molecular weight excluding hydrogens is 236 g/mol. The Morgan fingerprint density at radius 3 is 2.47 bits per heavy atom. The second kappa shape index (κ2) is 6.04. The molecule has 0 saturated heterocycles. The van der Waals surface area contributed by atoms with Crippen molar-refractivity contribution in [3.05, 3.63) is 60.1 Å². The van der Waals surface area contributed by atoms with E-state index in [1.165, 1.54) is 0 Å². The molecule has 0 saturated carbocycles. The first-order chi connectivity index (χ1) is 9.12. The Balaban J connectivity index is 2.05. The van der Waals surface area contributed by atoms with Crippen molar-refractivity contribution in [3.8, 4) is 0 Å². The predicted molar refractivity (Wildman–Crippen MR) is 77.6 cm³/mol. The third-order valence-electron chi connectivity index (χ3n) is 3.39. The molecule has 1 atom stereocenters. The van der Waals surface area contributed by atoms with Crippen molar-refractivity contribution < 1.29 is 4.42 Å². The van der Waals surface area contributed by atoms with Crippen LogP contribution in [0.3, 0.4) is 0 Å². The largest absolute Gasteiger partial charge is 0.468 e. The van der Waals surface area contributed by atoms with Crippen LogP contribution < -0.4 is 5.73 Å². The molecule has 0 radical (unpaired) electrons. The molecule has 2 aromatic rings. The van der Waals surface area contributed by atoms with Gasteiger partial charge < -0.3 is 10.2 Å². The Hall–Kier alpha value is -1.58. The number of hydrogen-bond acceptors (Lipinski definition) is 3. The summed E-state index contributed by atoms with van der Waals surface area (Å²) in [6, 6.07) is 14.2. The molecule has 0 aliphatic carbocycles. The average molecular weight is 258 g/mol. The molecule has 2 N–H and O–H groups in total. The first-order valence-corrected chi connectivity index (χ1v) is 6.71. The Morgan fingerprint density at radius 1 is 1.16 bits per heavy atom. The molecule has 1 heterocycles. The second-order valence-electron chi connectivity index (χ2n) is 5.17. The van der Waals surface area contributed by atoms with Crippen LogP contribution in [0.5, 0.6) is 0 Å². The number of benzene rings is 1. The Morgan fingerprint density at radius 2 is 1.89 bits per heavy atom. The topological polar surface area (TPSA) is 42.4 Å². The number of nitrogens with two attached hydrogens (primary N) is 1. The molecule has 0 aliphatic rings. The molecule has 1 unspecified atom stereocenters. The Labute approximate surface area is 115 Å². The molecule has 3 nitrogen and oxygen atoms in total. The third kappa shape index (κ3) is 3.69. The highest BCUT2D eigenvalue weighted by Crippen LogP contribution is 2.19.